The van der Waals surface area contributed by atoms with Gasteiger partial charge < -0.3 is 9.47 Å². The van der Waals surface area contributed by atoms with Gasteiger partial charge in [-0.25, -0.2) is 5.01 Å². The lowest BCUT2D eigenvalue weighted by Crippen LogP contribution is -2.60. The van der Waals surface area contributed by atoms with Gasteiger partial charge in [0.2, 0.25) is 0 Å². The second-order valence-electron chi connectivity index (χ2n) is 7.62. The van der Waals surface area contributed by atoms with Crippen molar-refractivity contribution in [3.05, 3.63) is 65.7 Å². The van der Waals surface area contributed by atoms with Crippen LogP contribution in [0, 0.1) is 5.92 Å². The Morgan fingerprint density at radius 1 is 1.10 bits per heavy atom. The SMILES string of the molecule is CC(C)OC1(c2ccccc2)C(Cc2ccccc2OC(F)(F)F)CCCN1N. The molecule has 0 aromatic heterocycles. The van der Waals surface area contributed by atoms with Gasteiger partial charge in [0.1, 0.15) is 5.75 Å². The number of halogens is 3. The molecule has 0 aliphatic carbocycles. The molecule has 1 heterocycles. The second-order valence-corrected chi connectivity index (χ2v) is 7.62. The molecule has 7 heteroatoms. The molecule has 2 atom stereocenters. The molecule has 2 aromatic carbocycles. The van der Waals surface area contributed by atoms with Gasteiger partial charge in [-0.1, -0.05) is 48.5 Å². The fourth-order valence-corrected chi connectivity index (χ4v) is 4.18. The highest BCUT2D eigenvalue weighted by atomic mass is 19.4. The highest BCUT2D eigenvalue weighted by molar-refractivity contribution is 5.35. The Morgan fingerprint density at radius 3 is 2.41 bits per heavy atom. The monoisotopic (exact) mass is 408 g/mol. The van der Waals surface area contributed by atoms with Crippen molar-refractivity contribution in [2.45, 2.75) is 51.3 Å². The largest absolute Gasteiger partial charge is 0.573 e. The summed E-state index contributed by atoms with van der Waals surface area (Å²) in [6.07, 6.45) is -2.91. The lowest BCUT2D eigenvalue weighted by atomic mass is 9.78. The van der Waals surface area contributed by atoms with Crippen LogP contribution in [-0.2, 0) is 16.9 Å². The number of hydrogen-bond donors (Lipinski definition) is 1. The maximum Gasteiger partial charge on any atom is 0.573 e. The van der Waals surface area contributed by atoms with E-state index in [1.165, 1.54) is 12.1 Å². The third-order valence-electron chi connectivity index (χ3n) is 5.20. The highest BCUT2D eigenvalue weighted by Crippen LogP contribution is 2.45. The molecular weight excluding hydrogens is 381 g/mol. The van der Waals surface area contributed by atoms with Crippen LogP contribution in [0.15, 0.2) is 54.6 Å². The number of hydrazine groups is 1. The van der Waals surface area contributed by atoms with Crippen LogP contribution in [0.5, 0.6) is 5.75 Å². The van der Waals surface area contributed by atoms with E-state index in [0.717, 1.165) is 18.4 Å². The minimum atomic E-state index is -4.74. The van der Waals surface area contributed by atoms with Gasteiger partial charge in [0.25, 0.3) is 0 Å². The van der Waals surface area contributed by atoms with Gasteiger partial charge in [-0.05, 0) is 44.7 Å². The number of nitrogens with two attached hydrogens (primary N) is 1. The number of piperidine rings is 1. The molecule has 0 amide bonds. The van der Waals surface area contributed by atoms with Crippen LogP contribution >= 0.6 is 0 Å². The van der Waals surface area contributed by atoms with Gasteiger partial charge in [0.15, 0.2) is 5.72 Å². The zero-order chi connectivity index (χ0) is 21.1. The predicted octanol–water partition coefficient (Wildman–Crippen LogP) is 4.99. The highest BCUT2D eigenvalue weighted by Gasteiger charge is 2.48. The van der Waals surface area contributed by atoms with Crippen molar-refractivity contribution in [2.75, 3.05) is 6.54 Å². The first-order valence-corrected chi connectivity index (χ1v) is 9.81. The molecule has 158 valence electrons. The molecular formula is C22H27F3N2O2. The number of alkyl halides is 3. The van der Waals surface area contributed by atoms with E-state index in [4.69, 9.17) is 10.6 Å². The van der Waals surface area contributed by atoms with Crippen molar-refractivity contribution in [3.63, 3.8) is 0 Å². The van der Waals surface area contributed by atoms with Crippen molar-refractivity contribution < 1.29 is 22.6 Å². The summed E-state index contributed by atoms with van der Waals surface area (Å²) in [6.45, 7) is 4.51. The van der Waals surface area contributed by atoms with Crippen LogP contribution in [0.4, 0.5) is 13.2 Å². The topological polar surface area (TPSA) is 47.7 Å². The van der Waals surface area contributed by atoms with E-state index in [-0.39, 0.29) is 17.8 Å². The molecule has 1 saturated heterocycles. The fourth-order valence-electron chi connectivity index (χ4n) is 4.18. The lowest BCUT2D eigenvalue weighted by molar-refractivity contribution is -0.275. The van der Waals surface area contributed by atoms with Gasteiger partial charge >= 0.3 is 6.36 Å². The Kier molecular flexibility index (Phi) is 6.51. The van der Waals surface area contributed by atoms with E-state index in [0.29, 0.717) is 18.5 Å². The summed E-state index contributed by atoms with van der Waals surface area (Å²) in [5.41, 5.74) is 0.451. The van der Waals surface area contributed by atoms with Gasteiger partial charge in [-0.3, -0.25) is 5.84 Å². The summed E-state index contributed by atoms with van der Waals surface area (Å²) in [7, 11) is 0. The van der Waals surface area contributed by atoms with E-state index in [1.807, 2.05) is 44.2 Å². The fraction of sp³-hybridized carbons (Fsp3) is 0.455. The second kappa shape index (κ2) is 8.73. The van der Waals surface area contributed by atoms with Crippen molar-refractivity contribution in [3.8, 4) is 5.75 Å². The first kappa shape index (κ1) is 21.6. The third-order valence-corrected chi connectivity index (χ3v) is 5.20. The molecule has 29 heavy (non-hydrogen) atoms. The van der Waals surface area contributed by atoms with Crippen LogP contribution < -0.4 is 10.6 Å². The maximum atomic E-state index is 12.9. The van der Waals surface area contributed by atoms with Crippen LogP contribution in [0.3, 0.4) is 0 Å². The van der Waals surface area contributed by atoms with Crippen LogP contribution in [0.2, 0.25) is 0 Å². The number of ether oxygens (including phenoxy) is 2. The molecule has 0 spiro atoms. The summed E-state index contributed by atoms with van der Waals surface area (Å²) < 4.78 is 49.3. The summed E-state index contributed by atoms with van der Waals surface area (Å²) in [4.78, 5) is 0. The number of hydrogen-bond acceptors (Lipinski definition) is 4. The summed E-state index contributed by atoms with van der Waals surface area (Å²) in [5, 5.41) is 1.70. The van der Waals surface area contributed by atoms with E-state index in [9.17, 15) is 13.2 Å². The Bertz CT molecular complexity index is 798. The lowest BCUT2D eigenvalue weighted by Gasteiger charge is -2.51. The quantitative estimate of drug-likeness (QED) is 0.684. The predicted molar refractivity (Wildman–Crippen MR) is 105 cm³/mol. The van der Waals surface area contributed by atoms with E-state index in [2.05, 4.69) is 4.74 Å². The molecule has 1 aliphatic heterocycles. The Hall–Kier alpha value is -2.09. The molecule has 0 bridgehead atoms. The molecule has 3 rings (SSSR count). The molecule has 0 radical (unpaired) electrons. The summed E-state index contributed by atoms with van der Waals surface area (Å²) in [5.74, 6) is 6.15. The smallest absolute Gasteiger partial charge is 0.406 e. The Labute approximate surface area is 169 Å². The third kappa shape index (κ3) is 4.91. The Morgan fingerprint density at radius 2 is 1.76 bits per heavy atom. The first-order chi connectivity index (χ1) is 13.7. The normalized spacial score (nSPS) is 23.3. The van der Waals surface area contributed by atoms with Gasteiger partial charge in [-0.15, -0.1) is 13.2 Å². The zero-order valence-electron chi connectivity index (χ0n) is 16.7. The molecule has 0 saturated carbocycles. The van der Waals surface area contributed by atoms with Crippen molar-refractivity contribution >= 4 is 0 Å². The van der Waals surface area contributed by atoms with Gasteiger partial charge in [0.05, 0.1) is 6.10 Å². The minimum absolute atomic E-state index is 0.122. The number of benzene rings is 2. The van der Waals surface area contributed by atoms with Crippen LogP contribution in [0.25, 0.3) is 0 Å². The van der Waals surface area contributed by atoms with Gasteiger partial charge in [0, 0.05) is 18.0 Å². The maximum absolute atomic E-state index is 12.9. The summed E-state index contributed by atoms with van der Waals surface area (Å²) >= 11 is 0. The molecule has 4 nitrogen and oxygen atoms in total. The number of para-hydroxylation sites is 1. The van der Waals surface area contributed by atoms with Crippen molar-refractivity contribution in [1.29, 1.82) is 0 Å². The van der Waals surface area contributed by atoms with Crippen molar-refractivity contribution in [1.82, 2.24) is 5.01 Å². The standard InChI is InChI=1S/C22H27F3N2O2/c1-16(2)28-21(18-10-4-3-5-11-18)19(12-8-14-27(21)26)15-17-9-6-7-13-20(17)29-22(23,24)25/h3-7,9-11,13,16,19H,8,12,14-15,26H2,1-2H3. The molecule has 2 aromatic rings. The molecule has 1 aliphatic rings. The summed E-state index contributed by atoms with van der Waals surface area (Å²) in [6, 6.07) is 15.9. The number of rotatable bonds is 6. The van der Waals surface area contributed by atoms with Crippen molar-refractivity contribution in [2.24, 2.45) is 11.8 Å². The van der Waals surface area contributed by atoms with E-state index >= 15 is 0 Å². The molecule has 2 N–H and O–H groups in total. The zero-order valence-corrected chi connectivity index (χ0v) is 16.7. The van der Waals surface area contributed by atoms with E-state index in [1.54, 1.807) is 17.1 Å². The van der Waals surface area contributed by atoms with E-state index < -0.39 is 12.1 Å². The number of nitrogens with zero attached hydrogens (tertiary/aromatic N) is 1. The average Bonchev–Trinajstić information content (AvgIpc) is 2.65. The molecule has 1 fully saturated rings. The Balaban J connectivity index is 2.02. The van der Waals surface area contributed by atoms with Gasteiger partial charge in [-0.2, -0.15) is 0 Å². The van der Waals surface area contributed by atoms with Crippen LogP contribution in [-0.4, -0.2) is 24.0 Å². The average molecular weight is 408 g/mol. The first-order valence-electron chi connectivity index (χ1n) is 9.81. The van der Waals surface area contributed by atoms with Crippen LogP contribution in [0.1, 0.15) is 37.8 Å². The minimum Gasteiger partial charge on any atom is -0.406 e. The molecule has 2 unspecified atom stereocenters.